The van der Waals surface area contributed by atoms with Gasteiger partial charge < -0.3 is 5.73 Å². The first-order valence-corrected chi connectivity index (χ1v) is 16.7. The van der Waals surface area contributed by atoms with Crippen LogP contribution < -0.4 is 5.73 Å². The van der Waals surface area contributed by atoms with Gasteiger partial charge in [0, 0.05) is 33.6 Å². The number of nitrogens with zero attached hydrogens (tertiary/aromatic N) is 5. The zero-order valence-electron chi connectivity index (χ0n) is 27.7. The van der Waals surface area contributed by atoms with Crippen molar-refractivity contribution in [2.24, 2.45) is 10.2 Å². The number of anilines is 1. The predicted molar refractivity (Wildman–Crippen MR) is 210 cm³/mol. The molecule has 7 rings (SSSR count). The number of aromatic nitrogens is 3. The fourth-order valence-corrected chi connectivity index (χ4v) is 5.32. The van der Waals surface area contributed by atoms with E-state index in [1.54, 1.807) is 0 Å². The van der Waals surface area contributed by atoms with Crippen molar-refractivity contribution in [3.8, 4) is 28.5 Å². The Labute approximate surface area is 303 Å². The van der Waals surface area contributed by atoms with Crippen LogP contribution in [0.25, 0.3) is 28.5 Å². The molecular formula is C42H36Cl2N6. The minimum absolute atomic E-state index is 0.312. The van der Waals surface area contributed by atoms with Gasteiger partial charge in [-0.25, -0.2) is 0 Å². The standard InChI is InChI=1S/C21H17N3.C15H12Cl2N2.C6H7N/c1-16-10-8-9-15-19(16)21-23-22-20(17-11-4-2-5-12-17)24(21)18-13-6-3-7-14-18;1-11-7-5-6-10-13(11)15(17)19-18-14(16)12-8-3-2-4-9-12;7-6-4-2-1-3-5-6/h2-15H,1H3;2-10H,1H3;1-5H,7H2/b;18-14-,19-15-;. The van der Waals surface area contributed by atoms with Crippen LogP contribution in [0.2, 0.25) is 0 Å². The first-order chi connectivity index (χ1) is 24.4. The van der Waals surface area contributed by atoms with Gasteiger partial charge in [0.1, 0.15) is 0 Å². The average Bonchev–Trinajstić information content (AvgIpc) is 3.61. The molecule has 0 unspecified atom stereocenters. The fourth-order valence-electron chi connectivity index (χ4n) is 4.91. The van der Waals surface area contributed by atoms with Crippen molar-refractivity contribution in [3.63, 3.8) is 0 Å². The lowest BCUT2D eigenvalue weighted by molar-refractivity contribution is 1.07. The predicted octanol–water partition coefficient (Wildman–Crippen LogP) is 10.8. The van der Waals surface area contributed by atoms with Crippen LogP contribution in [0.5, 0.6) is 0 Å². The van der Waals surface area contributed by atoms with Crippen molar-refractivity contribution in [2.45, 2.75) is 13.8 Å². The summed E-state index contributed by atoms with van der Waals surface area (Å²) in [4.78, 5) is 0. The van der Waals surface area contributed by atoms with E-state index < -0.39 is 0 Å². The van der Waals surface area contributed by atoms with E-state index >= 15 is 0 Å². The number of nitrogens with two attached hydrogens (primary N) is 1. The van der Waals surface area contributed by atoms with Gasteiger partial charge >= 0.3 is 0 Å². The summed E-state index contributed by atoms with van der Waals surface area (Å²) in [5.74, 6) is 1.71. The van der Waals surface area contributed by atoms with Crippen LogP contribution in [0, 0.1) is 13.8 Å². The molecule has 0 aliphatic carbocycles. The molecule has 1 heterocycles. The molecule has 6 nitrogen and oxygen atoms in total. The summed E-state index contributed by atoms with van der Waals surface area (Å²) in [5, 5.41) is 17.6. The summed E-state index contributed by atoms with van der Waals surface area (Å²) in [6, 6.07) is 55.3. The largest absolute Gasteiger partial charge is 0.399 e. The lowest BCUT2D eigenvalue weighted by atomic mass is 10.1. The summed E-state index contributed by atoms with van der Waals surface area (Å²) in [7, 11) is 0. The molecule has 1 aromatic heterocycles. The summed E-state index contributed by atoms with van der Waals surface area (Å²) < 4.78 is 2.12. The first kappa shape index (κ1) is 35.5. The van der Waals surface area contributed by atoms with E-state index in [4.69, 9.17) is 28.9 Å². The molecule has 2 N–H and O–H groups in total. The molecule has 0 bridgehead atoms. The molecular weight excluding hydrogens is 659 g/mol. The van der Waals surface area contributed by atoms with Gasteiger partial charge in [-0.2, -0.15) is 0 Å². The van der Waals surface area contributed by atoms with Gasteiger partial charge in [-0.3, -0.25) is 4.57 Å². The van der Waals surface area contributed by atoms with E-state index in [0.717, 1.165) is 50.8 Å². The van der Waals surface area contributed by atoms with E-state index in [-0.39, 0.29) is 0 Å². The second-order valence-electron chi connectivity index (χ2n) is 11.1. The van der Waals surface area contributed by atoms with Crippen LogP contribution in [-0.4, -0.2) is 25.1 Å². The molecule has 0 saturated carbocycles. The summed E-state index contributed by atoms with van der Waals surface area (Å²) in [6.07, 6.45) is 0. The van der Waals surface area contributed by atoms with Gasteiger partial charge in [-0.1, -0.05) is 169 Å². The molecule has 0 atom stereocenters. The van der Waals surface area contributed by atoms with Crippen molar-refractivity contribution < 1.29 is 0 Å². The average molecular weight is 696 g/mol. The zero-order chi connectivity index (χ0) is 35.1. The molecule has 50 heavy (non-hydrogen) atoms. The molecule has 0 radical (unpaired) electrons. The van der Waals surface area contributed by atoms with E-state index in [0.29, 0.717) is 10.3 Å². The topological polar surface area (TPSA) is 81.5 Å². The van der Waals surface area contributed by atoms with Gasteiger partial charge in [-0.15, -0.1) is 20.4 Å². The third kappa shape index (κ3) is 9.63. The van der Waals surface area contributed by atoms with Gasteiger partial charge in [-0.05, 0) is 49.2 Å². The van der Waals surface area contributed by atoms with Gasteiger partial charge in [0.15, 0.2) is 22.0 Å². The highest BCUT2D eigenvalue weighted by molar-refractivity contribution is 6.71. The molecule has 0 spiro atoms. The van der Waals surface area contributed by atoms with Crippen LogP contribution >= 0.6 is 23.2 Å². The second kappa shape index (κ2) is 18.1. The first-order valence-electron chi connectivity index (χ1n) is 15.9. The quantitative estimate of drug-likeness (QED) is 0.107. The highest BCUT2D eigenvalue weighted by Crippen LogP contribution is 2.29. The highest BCUT2D eigenvalue weighted by atomic mass is 35.5. The number of hydrogen-bond acceptors (Lipinski definition) is 5. The van der Waals surface area contributed by atoms with E-state index in [2.05, 4.69) is 68.3 Å². The van der Waals surface area contributed by atoms with Crippen LogP contribution in [-0.2, 0) is 0 Å². The molecule has 0 saturated heterocycles. The van der Waals surface area contributed by atoms with E-state index in [9.17, 15) is 0 Å². The minimum Gasteiger partial charge on any atom is -0.399 e. The molecule has 248 valence electrons. The number of nitrogen functional groups attached to an aromatic ring is 1. The Kier molecular flexibility index (Phi) is 12.8. The Hall–Kier alpha value is -5.82. The van der Waals surface area contributed by atoms with Gasteiger partial charge in [0.05, 0.1) is 0 Å². The molecule has 0 fully saturated rings. The lowest BCUT2D eigenvalue weighted by Gasteiger charge is -2.12. The Morgan fingerprint density at radius 3 is 1.58 bits per heavy atom. The molecule has 6 aromatic carbocycles. The van der Waals surface area contributed by atoms with Crippen molar-refractivity contribution in [1.82, 2.24) is 14.8 Å². The molecule has 0 amide bonds. The molecule has 7 aromatic rings. The molecule has 0 aliphatic rings. The maximum absolute atomic E-state index is 6.13. The molecule has 8 heteroatoms. The minimum atomic E-state index is 0.312. The number of halogens is 2. The fraction of sp³-hybridized carbons (Fsp3) is 0.0476. The Balaban J connectivity index is 0.000000166. The smallest absolute Gasteiger partial charge is 0.169 e. The van der Waals surface area contributed by atoms with Gasteiger partial charge in [0.2, 0.25) is 0 Å². The Morgan fingerprint density at radius 1 is 0.520 bits per heavy atom. The summed E-state index contributed by atoms with van der Waals surface area (Å²) in [6.45, 7) is 4.07. The van der Waals surface area contributed by atoms with Crippen LogP contribution in [0.15, 0.2) is 180 Å². The molecule has 0 aliphatic heterocycles. The normalized spacial score (nSPS) is 11.1. The van der Waals surface area contributed by atoms with Gasteiger partial charge in [0.25, 0.3) is 0 Å². The van der Waals surface area contributed by atoms with Crippen molar-refractivity contribution in [3.05, 3.63) is 192 Å². The van der Waals surface area contributed by atoms with E-state index in [1.165, 1.54) is 5.56 Å². The monoisotopic (exact) mass is 694 g/mol. The summed E-state index contributed by atoms with van der Waals surface area (Å²) in [5.41, 5.74) is 13.3. The number of aryl methyl sites for hydroxylation is 2. The highest BCUT2D eigenvalue weighted by Gasteiger charge is 2.17. The number of benzene rings is 6. The van der Waals surface area contributed by atoms with Crippen molar-refractivity contribution in [2.75, 3.05) is 5.73 Å². The zero-order valence-corrected chi connectivity index (χ0v) is 29.2. The van der Waals surface area contributed by atoms with Crippen molar-refractivity contribution in [1.29, 1.82) is 0 Å². The van der Waals surface area contributed by atoms with Crippen LogP contribution in [0.1, 0.15) is 22.3 Å². The van der Waals surface area contributed by atoms with E-state index in [1.807, 2.05) is 140 Å². The Morgan fingerprint density at radius 2 is 1.00 bits per heavy atom. The number of hydrogen-bond donors (Lipinski definition) is 1. The Bertz CT molecular complexity index is 2150. The maximum Gasteiger partial charge on any atom is 0.169 e. The van der Waals surface area contributed by atoms with Crippen molar-refractivity contribution >= 4 is 39.2 Å². The third-order valence-corrected chi connectivity index (χ3v) is 8.07. The summed E-state index contributed by atoms with van der Waals surface area (Å²) >= 11 is 12.2. The maximum atomic E-state index is 6.13. The second-order valence-corrected chi connectivity index (χ2v) is 11.8. The third-order valence-electron chi connectivity index (χ3n) is 7.50. The SMILES string of the molecule is Cc1ccccc1-c1nnc(-c2ccccc2)n1-c1ccccc1.Cc1ccccc1/C(Cl)=N/N=C(\Cl)c1ccccc1.Nc1ccccc1. The lowest BCUT2D eigenvalue weighted by Crippen LogP contribution is -2.00. The van der Waals surface area contributed by atoms with Crippen LogP contribution in [0.3, 0.4) is 0 Å². The number of para-hydroxylation sites is 2. The van der Waals surface area contributed by atoms with Crippen LogP contribution in [0.4, 0.5) is 5.69 Å². The number of rotatable bonds is 6.